The molecule has 11 heteroatoms. The zero-order valence-electron chi connectivity index (χ0n) is 19.7. The second-order valence-corrected chi connectivity index (χ2v) is 8.09. The number of carbonyl (C=O) groups is 5. The van der Waals surface area contributed by atoms with Crippen molar-refractivity contribution in [2.45, 2.75) is 25.7 Å². The van der Waals surface area contributed by atoms with Crippen LogP contribution in [0, 0.1) is 5.92 Å². The average molecular weight is 491 g/mol. The fourth-order valence-corrected chi connectivity index (χ4v) is 4.00. The van der Waals surface area contributed by atoms with E-state index in [-0.39, 0.29) is 22.6 Å². The lowest BCUT2D eigenvalue weighted by atomic mass is 9.85. The standard InChI is InChI=1S/C23H26N2O8S/c1-11-18(21(28)31-4)20(19(12(2)24-11)22(29)32-5)23(30)33-10-16(27)14-7-8-17(34-6)15(9-14)25-13(3)26/h7-9,20,24H,10H2,1-6H3,(H,25,26). The van der Waals surface area contributed by atoms with Crippen LogP contribution in [0.5, 0.6) is 0 Å². The minimum atomic E-state index is -1.44. The summed E-state index contributed by atoms with van der Waals surface area (Å²) in [5.41, 5.74) is 1.02. The summed E-state index contributed by atoms with van der Waals surface area (Å²) in [5.74, 6) is -4.94. The lowest BCUT2D eigenvalue weighted by molar-refractivity contribution is -0.150. The molecule has 0 aromatic heterocycles. The molecule has 34 heavy (non-hydrogen) atoms. The first-order valence-electron chi connectivity index (χ1n) is 10.1. The molecule has 1 heterocycles. The smallest absolute Gasteiger partial charge is 0.336 e. The summed E-state index contributed by atoms with van der Waals surface area (Å²) in [7, 11) is 2.28. The summed E-state index contributed by atoms with van der Waals surface area (Å²) < 4.78 is 14.8. The lowest BCUT2D eigenvalue weighted by Gasteiger charge is -2.28. The van der Waals surface area contributed by atoms with E-state index >= 15 is 0 Å². The predicted octanol–water partition coefficient (Wildman–Crippen LogP) is 2.21. The first-order chi connectivity index (χ1) is 16.0. The van der Waals surface area contributed by atoms with Crippen LogP contribution in [0.2, 0.25) is 0 Å². The highest BCUT2D eigenvalue weighted by atomic mass is 32.2. The van der Waals surface area contributed by atoms with Gasteiger partial charge in [0, 0.05) is 28.8 Å². The molecule has 1 aliphatic heterocycles. The number of hydrogen-bond acceptors (Lipinski definition) is 10. The normalized spacial score (nSPS) is 13.7. The van der Waals surface area contributed by atoms with Crippen LogP contribution < -0.4 is 10.6 Å². The van der Waals surface area contributed by atoms with Gasteiger partial charge in [0.25, 0.3) is 0 Å². The number of Topliss-reactive ketones (excluding diaryl/α,β-unsaturated/α-hetero) is 1. The highest BCUT2D eigenvalue weighted by molar-refractivity contribution is 7.98. The minimum Gasteiger partial charge on any atom is -0.466 e. The Morgan fingerprint density at radius 2 is 1.56 bits per heavy atom. The Kier molecular flexibility index (Phi) is 9.02. The van der Waals surface area contributed by atoms with Gasteiger partial charge in [0.15, 0.2) is 12.4 Å². The molecular weight excluding hydrogens is 464 g/mol. The minimum absolute atomic E-state index is 0.122. The topological polar surface area (TPSA) is 137 Å². The van der Waals surface area contributed by atoms with Crippen molar-refractivity contribution in [2.24, 2.45) is 5.92 Å². The van der Waals surface area contributed by atoms with Crippen molar-refractivity contribution in [3.8, 4) is 0 Å². The van der Waals surface area contributed by atoms with Gasteiger partial charge in [-0.2, -0.15) is 0 Å². The molecule has 0 saturated heterocycles. The molecule has 0 atom stereocenters. The molecule has 1 aromatic carbocycles. The number of benzene rings is 1. The van der Waals surface area contributed by atoms with Crippen molar-refractivity contribution >= 4 is 47.0 Å². The third kappa shape index (κ3) is 5.84. The van der Waals surface area contributed by atoms with E-state index in [2.05, 4.69) is 10.6 Å². The molecule has 2 rings (SSSR count). The molecular formula is C23H26N2O8S. The number of amides is 1. The van der Waals surface area contributed by atoms with Gasteiger partial charge >= 0.3 is 17.9 Å². The molecule has 0 fully saturated rings. The Morgan fingerprint density at radius 3 is 2.03 bits per heavy atom. The van der Waals surface area contributed by atoms with Crippen molar-refractivity contribution < 1.29 is 38.2 Å². The average Bonchev–Trinajstić information content (AvgIpc) is 2.80. The van der Waals surface area contributed by atoms with E-state index < -0.39 is 36.2 Å². The number of ether oxygens (including phenoxy) is 3. The number of dihydropyridines is 1. The van der Waals surface area contributed by atoms with Gasteiger partial charge in [-0.1, -0.05) is 6.07 Å². The van der Waals surface area contributed by atoms with Crippen LogP contribution in [0.1, 0.15) is 31.1 Å². The van der Waals surface area contributed by atoms with Gasteiger partial charge in [-0.3, -0.25) is 14.4 Å². The maximum absolute atomic E-state index is 13.1. The monoisotopic (exact) mass is 490 g/mol. The van der Waals surface area contributed by atoms with E-state index in [0.717, 1.165) is 19.1 Å². The number of nitrogens with one attached hydrogen (secondary N) is 2. The first kappa shape index (κ1) is 26.7. The fraction of sp³-hybridized carbons (Fsp3) is 0.348. The van der Waals surface area contributed by atoms with Gasteiger partial charge in [0.05, 0.1) is 31.1 Å². The maximum atomic E-state index is 13.1. The van der Waals surface area contributed by atoms with E-state index in [1.165, 1.54) is 24.8 Å². The van der Waals surface area contributed by atoms with E-state index in [0.29, 0.717) is 17.1 Å². The zero-order chi connectivity index (χ0) is 25.6. The number of methoxy groups -OCH3 is 2. The summed E-state index contributed by atoms with van der Waals surface area (Å²) in [5, 5.41) is 5.52. The number of rotatable bonds is 8. The van der Waals surface area contributed by atoms with Gasteiger partial charge in [-0.15, -0.1) is 11.8 Å². The van der Waals surface area contributed by atoms with E-state index in [4.69, 9.17) is 14.2 Å². The molecule has 1 amide bonds. The van der Waals surface area contributed by atoms with E-state index in [1.807, 2.05) is 6.26 Å². The van der Waals surface area contributed by atoms with Crippen molar-refractivity contribution in [1.29, 1.82) is 0 Å². The third-order valence-corrected chi connectivity index (χ3v) is 5.78. The highest BCUT2D eigenvalue weighted by Crippen LogP contribution is 2.32. The Balaban J connectivity index is 2.32. The molecule has 2 N–H and O–H groups in total. The van der Waals surface area contributed by atoms with Gasteiger partial charge in [0.2, 0.25) is 5.91 Å². The number of carbonyl (C=O) groups excluding carboxylic acids is 5. The van der Waals surface area contributed by atoms with Gasteiger partial charge < -0.3 is 24.8 Å². The van der Waals surface area contributed by atoms with Gasteiger partial charge in [0.1, 0.15) is 5.92 Å². The molecule has 0 spiro atoms. The number of ketones is 1. The SMILES string of the molecule is COC(=O)C1=C(C)NC(C)=C(C(=O)OC)C1C(=O)OCC(=O)c1ccc(SC)c(NC(C)=O)c1. The number of thioether (sulfide) groups is 1. The largest absolute Gasteiger partial charge is 0.466 e. The molecule has 10 nitrogen and oxygen atoms in total. The highest BCUT2D eigenvalue weighted by Gasteiger charge is 2.42. The van der Waals surface area contributed by atoms with Crippen LogP contribution >= 0.6 is 11.8 Å². The van der Waals surface area contributed by atoms with Crippen LogP contribution in [-0.2, 0) is 33.4 Å². The second-order valence-electron chi connectivity index (χ2n) is 7.25. The molecule has 182 valence electrons. The Morgan fingerprint density at radius 1 is 1.00 bits per heavy atom. The molecule has 0 saturated carbocycles. The number of hydrogen-bond donors (Lipinski definition) is 2. The zero-order valence-corrected chi connectivity index (χ0v) is 20.5. The summed E-state index contributed by atoms with van der Waals surface area (Å²) >= 11 is 1.39. The van der Waals surface area contributed by atoms with E-state index in [9.17, 15) is 24.0 Å². The molecule has 0 radical (unpaired) electrons. The summed E-state index contributed by atoms with van der Waals surface area (Å²) in [6.45, 7) is 3.79. The van der Waals surface area contributed by atoms with E-state index in [1.54, 1.807) is 26.0 Å². The Bertz CT molecular complexity index is 1070. The van der Waals surface area contributed by atoms with Crippen LogP contribution in [0.15, 0.2) is 45.6 Å². The molecule has 0 unspecified atom stereocenters. The molecule has 0 bridgehead atoms. The van der Waals surface area contributed by atoms with Crippen LogP contribution in [0.4, 0.5) is 5.69 Å². The molecule has 1 aliphatic rings. The van der Waals surface area contributed by atoms with Gasteiger partial charge in [-0.25, -0.2) is 9.59 Å². The number of esters is 3. The summed E-state index contributed by atoms with van der Waals surface area (Å²) in [6.07, 6.45) is 1.83. The van der Waals surface area contributed by atoms with Gasteiger partial charge in [-0.05, 0) is 32.2 Å². The number of anilines is 1. The molecule has 1 aromatic rings. The van der Waals surface area contributed by atoms with Crippen LogP contribution in [0.3, 0.4) is 0 Å². The summed E-state index contributed by atoms with van der Waals surface area (Å²) in [4.78, 5) is 62.8. The van der Waals surface area contributed by atoms with Crippen LogP contribution in [0.25, 0.3) is 0 Å². The first-order valence-corrected chi connectivity index (χ1v) is 11.3. The van der Waals surface area contributed by atoms with Crippen LogP contribution in [-0.4, -0.2) is 56.7 Å². The second kappa shape index (κ2) is 11.5. The predicted molar refractivity (Wildman–Crippen MR) is 124 cm³/mol. The van der Waals surface area contributed by atoms with Crippen molar-refractivity contribution in [2.75, 3.05) is 32.4 Å². The molecule has 0 aliphatic carbocycles. The Hall–Kier alpha value is -3.60. The maximum Gasteiger partial charge on any atom is 0.336 e. The van der Waals surface area contributed by atoms with Crippen molar-refractivity contribution in [3.05, 3.63) is 46.3 Å². The Labute approximate surface area is 201 Å². The van der Waals surface area contributed by atoms with Crippen molar-refractivity contribution in [1.82, 2.24) is 5.32 Å². The third-order valence-electron chi connectivity index (χ3n) is 4.98. The lowest BCUT2D eigenvalue weighted by Crippen LogP contribution is -2.38. The number of allylic oxidation sites excluding steroid dienone is 2. The van der Waals surface area contributed by atoms with Crippen molar-refractivity contribution in [3.63, 3.8) is 0 Å². The summed E-state index contributed by atoms with van der Waals surface area (Å²) in [6, 6.07) is 4.70. The quantitative estimate of drug-likeness (QED) is 0.241. The fourth-order valence-electron chi connectivity index (χ4n) is 3.46.